The average molecular weight is 453 g/mol. The van der Waals surface area contributed by atoms with Crippen LogP contribution in [-0.4, -0.2) is 66.7 Å². The zero-order valence-electron chi connectivity index (χ0n) is 19.2. The van der Waals surface area contributed by atoms with Gasteiger partial charge in [-0.15, -0.1) is 0 Å². The number of nitrogens with zero attached hydrogens (tertiary/aromatic N) is 2. The third kappa shape index (κ3) is 4.52. The first kappa shape index (κ1) is 22.7. The number of aliphatic hydroxyl groups is 1. The molecule has 1 N–H and O–H groups in total. The highest BCUT2D eigenvalue weighted by atomic mass is 16.7. The number of amides is 1. The van der Waals surface area contributed by atoms with E-state index in [1.807, 2.05) is 32.8 Å². The van der Waals surface area contributed by atoms with Crippen molar-refractivity contribution in [3.63, 3.8) is 0 Å². The third-order valence-corrected chi connectivity index (χ3v) is 5.54. The van der Waals surface area contributed by atoms with Crippen molar-refractivity contribution in [2.45, 2.75) is 26.0 Å². The Balaban J connectivity index is 1.78. The van der Waals surface area contributed by atoms with E-state index in [0.717, 1.165) is 0 Å². The number of carbonyl (C=O) groups is 2. The molecule has 0 spiro atoms. The molecule has 2 heterocycles. The molecular formula is C25H28N2O6. The molecule has 174 valence electrons. The van der Waals surface area contributed by atoms with Crippen molar-refractivity contribution in [3.05, 3.63) is 59.2 Å². The molecule has 0 bridgehead atoms. The summed E-state index contributed by atoms with van der Waals surface area (Å²) in [7, 11) is 3.79. The summed E-state index contributed by atoms with van der Waals surface area (Å²) in [4.78, 5) is 29.5. The summed E-state index contributed by atoms with van der Waals surface area (Å²) in [5, 5.41) is 11.2. The first-order chi connectivity index (χ1) is 15.8. The van der Waals surface area contributed by atoms with E-state index in [0.29, 0.717) is 41.5 Å². The second-order valence-corrected chi connectivity index (χ2v) is 8.60. The van der Waals surface area contributed by atoms with E-state index in [1.54, 1.807) is 42.5 Å². The molecule has 0 saturated carbocycles. The van der Waals surface area contributed by atoms with Crippen LogP contribution in [0.5, 0.6) is 17.2 Å². The van der Waals surface area contributed by atoms with Gasteiger partial charge in [-0.2, -0.15) is 0 Å². The lowest BCUT2D eigenvalue weighted by Gasteiger charge is -2.26. The van der Waals surface area contributed by atoms with Crippen molar-refractivity contribution in [3.8, 4) is 17.2 Å². The summed E-state index contributed by atoms with van der Waals surface area (Å²) in [6, 6.07) is 11.4. The standard InChI is InChI=1S/C25H28N2O6/c1-15(2)33-18-8-5-16(6-9-18)23(28)21-22(17-7-10-19-20(13-17)32-14-31-19)27(12-11-26(3)4)25(30)24(21)29/h5-10,13,15,22,28H,11-12,14H2,1-4H3/b23-21+/t22-/m0/s1. The molecule has 1 atom stereocenters. The molecule has 4 rings (SSSR count). The van der Waals surface area contributed by atoms with Gasteiger partial charge < -0.3 is 29.1 Å². The Hall–Kier alpha value is -3.52. The molecule has 2 aliphatic heterocycles. The van der Waals surface area contributed by atoms with Crippen LogP contribution >= 0.6 is 0 Å². The zero-order chi connectivity index (χ0) is 23.7. The number of benzene rings is 2. The maximum atomic E-state index is 13.1. The molecule has 1 fully saturated rings. The number of likely N-dealkylation sites (tertiary alicyclic amines) is 1. The van der Waals surface area contributed by atoms with Gasteiger partial charge in [0.2, 0.25) is 6.79 Å². The molecule has 0 unspecified atom stereocenters. The van der Waals surface area contributed by atoms with Crippen molar-refractivity contribution >= 4 is 17.4 Å². The number of hydrogen-bond acceptors (Lipinski definition) is 7. The molecular weight excluding hydrogens is 424 g/mol. The summed E-state index contributed by atoms with van der Waals surface area (Å²) in [6.07, 6.45) is 0.0116. The van der Waals surface area contributed by atoms with Gasteiger partial charge in [0.05, 0.1) is 17.7 Å². The van der Waals surface area contributed by atoms with Crippen molar-refractivity contribution in [1.29, 1.82) is 0 Å². The minimum Gasteiger partial charge on any atom is -0.507 e. The minimum absolute atomic E-state index is 0.0116. The molecule has 2 aromatic carbocycles. The molecule has 8 nitrogen and oxygen atoms in total. The van der Waals surface area contributed by atoms with Crippen molar-refractivity contribution < 1.29 is 28.9 Å². The first-order valence-corrected chi connectivity index (χ1v) is 10.9. The molecule has 0 radical (unpaired) electrons. The van der Waals surface area contributed by atoms with Gasteiger partial charge >= 0.3 is 0 Å². The van der Waals surface area contributed by atoms with Gasteiger partial charge in [0.15, 0.2) is 11.5 Å². The lowest BCUT2D eigenvalue weighted by Crippen LogP contribution is -2.35. The number of fused-ring (bicyclic) bond motifs is 1. The Morgan fingerprint density at radius 3 is 2.48 bits per heavy atom. The predicted octanol–water partition coefficient (Wildman–Crippen LogP) is 3.19. The maximum absolute atomic E-state index is 13.1. The highest BCUT2D eigenvalue weighted by Crippen LogP contribution is 2.43. The Kier molecular flexibility index (Phi) is 6.29. The fourth-order valence-corrected chi connectivity index (χ4v) is 3.97. The van der Waals surface area contributed by atoms with E-state index in [9.17, 15) is 14.7 Å². The van der Waals surface area contributed by atoms with Gasteiger partial charge in [-0.25, -0.2) is 0 Å². The fourth-order valence-electron chi connectivity index (χ4n) is 3.97. The highest BCUT2D eigenvalue weighted by molar-refractivity contribution is 6.46. The SMILES string of the molecule is CC(C)Oc1ccc(/C(O)=C2\C(=O)C(=O)N(CCN(C)C)[C@H]2c2ccc3c(c2)OCO3)cc1. The Morgan fingerprint density at radius 2 is 1.82 bits per heavy atom. The van der Waals surface area contributed by atoms with Crippen LogP contribution in [0, 0.1) is 0 Å². The quantitative estimate of drug-likeness (QED) is 0.392. The number of Topliss-reactive ketones (excluding diaryl/α,β-unsaturated/α-hetero) is 1. The summed E-state index contributed by atoms with van der Waals surface area (Å²) < 4.78 is 16.6. The van der Waals surface area contributed by atoms with Crippen LogP contribution in [0.1, 0.15) is 31.0 Å². The average Bonchev–Trinajstić information content (AvgIpc) is 3.34. The number of likely N-dealkylation sites (N-methyl/N-ethyl adjacent to an activating group) is 1. The minimum atomic E-state index is -0.744. The monoisotopic (exact) mass is 452 g/mol. The lowest BCUT2D eigenvalue weighted by atomic mass is 9.95. The predicted molar refractivity (Wildman–Crippen MR) is 122 cm³/mol. The van der Waals surface area contributed by atoms with Crippen LogP contribution in [-0.2, 0) is 9.59 Å². The number of aliphatic hydroxyl groups excluding tert-OH is 1. The molecule has 0 aliphatic carbocycles. The largest absolute Gasteiger partial charge is 0.507 e. The number of hydrogen-bond donors (Lipinski definition) is 1. The van der Waals surface area contributed by atoms with Crippen molar-refractivity contribution in [1.82, 2.24) is 9.80 Å². The summed E-state index contributed by atoms with van der Waals surface area (Å²) in [5.41, 5.74) is 1.15. The van der Waals surface area contributed by atoms with E-state index in [4.69, 9.17) is 14.2 Å². The van der Waals surface area contributed by atoms with Crippen molar-refractivity contribution in [2.75, 3.05) is 34.0 Å². The Morgan fingerprint density at radius 1 is 1.12 bits per heavy atom. The molecule has 2 aliphatic rings. The van der Waals surface area contributed by atoms with Crippen LogP contribution in [0.25, 0.3) is 5.76 Å². The summed E-state index contributed by atoms with van der Waals surface area (Å²) in [6.45, 7) is 4.86. The van der Waals surface area contributed by atoms with Gasteiger partial charge in [0, 0.05) is 18.7 Å². The number of rotatable bonds is 7. The molecule has 8 heteroatoms. The topological polar surface area (TPSA) is 88.5 Å². The smallest absolute Gasteiger partial charge is 0.295 e. The lowest BCUT2D eigenvalue weighted by molar-refractivity contribution is -0.140. The molecule has 33 heavy (non-hydrogen) atoms. The molecule has 1 amide bonds. The van der Waals surface area contributed by atoms with Gasteiger partial charge in [-0.3, -0.25) is 9.59 Å². The van der Waals surface area contributed by atoms with E-state index in [-0.39, 0.29) is 24.2 Å². The Bertz CT molecular complexity index is 1090. The van der Waals surface area contributed by atoms with Gasteiger partial charge in [0.25, 0.3) is 11.7 Å². The van der Waals surface area contributed by atoms with Crippen LogP contribution in [0.4, 0.5) is 0 Å². The summed E-state index contributed by atoms with van der Waals surface area (Å²) in [5.74, 6) is 0.225. The summed E-state index contributed by atoms with van der Waals surface area (Å²) >= 11 is 0. The zero-order valence-corrected chi connectivity index (χ0v) is 19.2. The maximum Gasteiger partial charge on any atom is 0.295 e. The van der Waals surface area contributed by atoms with E-state index in [1.165, 1.54) is 4.90 Å². The first-order valence-electron chi connectivity index (χ1n) is 10.9. The van der Waals surface area contributed by atoms with Gasteiger partial charge in [-0.05, 0) is 69.9 Å². The van der Waals surface area contributed by atoms with Crippen LogP contribution < -0.4 is 14.2 Å². The van der Waals surface area contributed by atoms with Crippen LogP contribution in [0.3, 0.4) is 0 Å². The third-order valence-electron chi connectivity index (χ3n) is 5.54. The number of ketones is 1. The van der Waals surface area contributed by atoms with Crippen LogP contribution in [0.2, 0.25) is 0 Å². The van der Waals surface area contributed by atoms with Gasteiger partial charge in [0.1, 0.15) is 11.5 Å². The Labute approximate surface area is 193 Å². The highest BCUT2D eigenvalue weighted by Gasteiger charge is 2.46. The van der Waals surface area contributed by atoms with Crippen LogP contribution in [0.15, 0.2) is 48.0 Å². The van der Waals surface area contributed by atoms with Crippen molar-refractivity contribution in [2.24, 2.45) is 0 Å². The second-order valence-electron chi connectivity index (χ2n) is 8.60. The number of carbonyl (C=O) groups excluding carboxylic acids is 2. The van der Waals surface area contributed by atoms with E-state index in [2.05, 4.69) is 0 Å². The van der Waals surface area contributed by atoms with E-state index >= 15 is 0 Å². The fraction of sp³-hybridized carbons (Fsp3) is 0.360. The van der Waals surface area contributed by atoms with E-state index < -0.39 is 17.7 Å². The second kappa shape index (κ2) is 9.15. The normalized spacial score (nSPS) is 19.1. The molecule has 0 aromatic heterocycles. The molecule has 1 saturated heterocycles. The number of ether oxygens (including phenoxy) is 3. The van der Waals surface area contributed by atoms with Gasteiger partial charge in [-0.1, -0.05) is 6.07 Å². The molecule has 2 aromatic rings.